The second-order valence-corrected chi connectivity index (χ2v) is 5.77. The van der Waals surface area contributed by atoms with Gasteiger partial charge < -0.3 is 14.1 Å². The summed E-state index contributed by atoms with van der Waals surface area (Å²) >= 11 is 1.32. The highest BCUT2D eigenvalue weighted by Gasteiger charge is 2.31. The van der Waals surface area contributed by atoms with Gasteiger partial charge in [0.25, 0.3) is 0 Å². The van der Waals surface area contributed by atoms with E-state index in [-0.39, 0.29) is 12.1 Å². The van der Waals surface area contributed by atoms with Crippen molar-refractivity contribution in [3.63, 3.8) is 0 Å². The zero-order valence-corrected chi connectivity index (χ0v) is 12.8. The molecule has 0 spiro atoms. The van der Waals surface area contributed by atoms with Crippen LogP contribution in [0.15, 0.2) is 34.0 Å². The first kappa shape index (κ1) is 15.9. The average molecular weight is 343 g/mol. The molecule has 3 rings (SSSR count). The highest BCUT2D eigenvalue weighted by Crippen LogP contribution is 2.32. The van der Waals surface area contributed by atoms with Gasteiger partial charge in [-0.25, -0.2) is 9.97 Å². The van der Waals surface area contributed by atoms with Crippen molar-refractivity contribution in [3.05, 3.63) is 41.5 Å². The maximum atomic E-state index is 12.7. The molecule has 23 heavy (non-hydrogen) atoms. The molecule has 0 atom stereocenters. The minimum Gasteiger partial charge on any atom is -0.440 e. The van der Waals surface area contributed by atoms with Crippen LogP contribution in [-0.4, -0.2) is 19.6 Å². The second kappa shape index (κ2) is 5.89. The number of hydrogen-bond donors (Lipinski definition) is 1. The van der Waals surface area contributed by atoms with E-state index in [0.29, 0.717) is 28.1 Å². The van der Waals surface area contributed by atoms with Crippen molar-refractivity contribution in [2.45, 2.75) is 23.7 Å². The lowest BCUT2D eigenvalue weighted by molar-refractivity contribution is -0.137. The molecular formula is C14H12F3N3O2S. The predicted octanol–water partition coefficient (Wildman–Crippen LogP) is 3.36. The molecule has 0 saturated heterocycles. The number of aliphatic hydroxyl groups is 1. The van der Waals surface area contributed by atoms with Crippen LogP contribution in [0.3, 0.4) is 0 Å². The molecular weight excluding hydrogens is 331 g/mol. The van der Waals surface area contributed by atoms with Crippen LogP contribution < -0.4 is 0 Å². The van der Waals surface area contributed by atoms with Crippen LogP contribution in [0.25, 0.3) is 11.1 Å². The van der Waals surface area contributed by atoms with Gasteiger partial charge in [-0.05, 0) is 18.2 Å². The molecule has 2 heterocycles. The van der Waals surface area contributed by atoms with E-state index in [9.17, 15) is 13.2 Å². The van der Waals surface area contributed by atoms with Gasteiger partial charge in [-0.2, -0.15) is 13.2 Å². The summed E-state index contributed by atoms with van der Waals surface area (Å²) in [5.41, 5.74) is 0.393. The minimum absolute atomic E-state index is 0.118. The number of alkyl halides is 3. The number of oxazole rings is 1. The summed E-state index contributed by atoms with van der Waals surface area (Å²) in [6.07, 6.45) is -2.85. The topological polar surface area (TPSA) is 64.1 Å². The number of hydrogen-bond acceptors (Lipinski definition) is 5. The Labute approximate surface area is 133 Å². The van der Waals surface area contributed by atoms with E-state index in [2.05, 4.69) is 9.97 Å². The van der Waals surface area contributed by atoms with Gasteiger partial charge >= 0.3 is 6.18 Å². The summed E-state index contributed by atoms with van der Waals surface area (Å²) in [5, 5.41) is 9.77. The molecule has 2 aromatic heterocycles. The van der Waals surface area contributed by atoms with E-state index in [1.165, 1.54) is 17.8 Å². The van der Waals surface area contributed by atoms with Gasteiger partial charge in [-0.1, -0.05) is 11.8 Å². The first-order valence-corrected chi connectivity index (χ1v) is 7.58. The van der Waals surface area contributed by atoms with Gasteiger partial charge in [-0.15, -0.1) is 0 Å². The molecule has 122 valence electrons. The third-order valence-corrected chi connectivity index (χ3v) is 4.32. The van der Waals surface area contributed by atoms with Crippen LogP contribution in [0.1, 0.15) is 17.1 Å². The molecule has 0 radical (unpaired) electrons. The zero-order valence-electron chi connectivity index (χ0n) is 12.0. The normalized spacial score (nSPS) is 12.2. The highest BCUT2D eigenvalue weighted by atomic mass is 32.2. The van der Waals surface area contributed by atoms with Gasteiger partial charge in [0.1, 0.15) is 5.52 Å². The van der Waals surface area contributed by atoms with Crippen molar-refractivity contribution >= 4 is 22.9 Å². The number of halogens is 3. The van der Waals surface area contributed by atoms with E-state index >= 15 is 0 Å². The minimum atomic E-state index is -4.41. The fourth-order valence-electron chi connectivity index (χ4n) is 2.05. The Hall–Kier alpha value is -2.00. The molecule has 0 aliphatic rings. The fourth-order valence-corrected chi connectivity index (χ4v) is 2.86. The molecule has 0 amide bonds. The van der Waals surface area contributed by atoms with E-state index in [4.69, 9.17) is 9.52 Å². The predicted molar refractivity (Wildman–Crippen MR) is 77.7 cm³/mol. The van der Waals surface area contributed by atoms with Crippen LogP contribution in [0, 0.1) is 0 Å². The number of aliphatic hydroxyl groups excluding tert-OH is 1. The van der Waals surface area contributed by atoms with Crippen molar-refractivity contribution < 1.29 is 22.7 Å². The molecule has 9 heteroatoms. The first-order valence-electron chi connectivity index (χ1n) is 6.59. The summed E-state index contributed by atoms with van der Waals surface area (Å²) in [6, 6.07) is 3.21. The largest absolute Gasteiger partial charge is 0.440 e. The molecule has 5 nitrogen and oxygen atoms in total. The fraction of sp³-hybridized carbons (Fsp3) is 0.286. The third-order valence-electron chi connectivity index (χ3n) is 3.29. The monoisotopic (exact) mass is 343 g/mol. The van der Waals surface area contributed by atoms with Crippen LogP contribution >= 0.6 is 11.8 Å². The lowest BCUT2D eigenvalue weighted by Crippen LogP contribution is -2.03. The summed E-state index contributed by atoms with van der Waals surface area (Å²) in [7, 11) is 1.77. The number of benzene rings is 1. The second-order valence-electron chi connectivity index (χ2n) is 4.83. The van der Waals surface area contributed by atoms with Crippen molar-refractivity contribution in [3.8, 4) is 0 Å². The molecule has 0 saturated carbocycles. The van der Waals surface area contributed by atoms with Crippen LogP contribution in [0.5, 0.6) is 0 Å². The van der Waals surface area contributed by atoms with Gasteiger partial charge in [0.2, 0.25) is 5.89 Å². The van der Waals surface area contributed by atoms with Crippen LogP contribution in [0.4, 0.5) is 13.2 Å². The number of fused-ring (bicyclic) bond motifs is 1. The van der Waals surface area contributed by atoms with Gasteiger partial charge in [0.15, 0.2) is 10.7 Å². The number of rotatable bonds is 4. The first-order chi connectivity index (χ1) is 10.9. The SMILES string of the molecule is Cn1c(CO)cnc1SCc1nc2cc(C(F)(F)F)ccc2o1. The van der Waals surface area contributed by atoms with E-state index in [1.54, 1.807) is 17.8 Å². The summed E-state index contributed by atoms with van der Waals surface area (Å²) in [6.45, 7) is -0.118. The Morgan fingerprint density at radius 3 is 2.78 bits per heavy atom. The molecule has 0 aliphatic heterocycles. The third kappa shape index (κ3) is 3.20. The van der Waals surface area contributed by atoms with Crippen molar-refractivity contribution in [2.24, 2.45) is 7.05 Å². The van der Waals surface area contributed by atoms with Gasteiger partial charge in [0.05, 0.1) is 29.8 Å². The smallest absolute Gasteiger partial charge is 0.416 e. The zero-order chi connectivity index (χ0) is 16.6. The highest BCUT2D eigenvalue weighted by molar-refractivity contribution is 7.98. The average Bonchev–Trinajstić information content (AvgIpc) is 3.06. The molecule has 0 unspecified atom stereocenters. The number of thioether (sulfide) groups is 1. The molecule has 3 aromatic rings. The lowest BCUT2D eigenvalue weighted by Gasteiger charge is -2.04. The van der Waals surface area contributed by atoms with E-state index in [0.717, 1.165) is 12.1 Å². The van der Waals surface area contributed by atoms with Gasteiger partial charge in [-0.3, -0.25) is 0 Å². The van der Waals surface area contributed by atoms with Crippen molar-refractivity contribution in [1.29, 1.82) is 0 Å². The Bertz CT molecular complexity index is 842. The molecule has 0 aliphatic carbocycles. The number of imidazole rings is 1. The van der Waals surface area contributed by atoms with E-state index in [1.807, 2.05) is 0 Å². The molecule has 1 N–H and O–H groups in total. The van der Waals surface area contributed by atoms with Gasteiger partial charge in [0, 0.05) is 7.05 Å². The maximum Gasteiger partial charge on any atom is 0.416 e. The Morgan fingerprint density at radius 2 is 2.13 bits per heavy atom. The molecule has 0 bridgehead atoms. The molecule has 0 fully saturated rings. The standard InChI is InChI=1S/C14H12F3N3O2S/c1-20-9(6-21)5-18-13(20)23-7-12-19-10-4-8(14(15,16)17)2-3-11(10)22-12/h2-5,21H,6-7H2,1H3. The summed E-state index contributed by atoms with van der Waals surface area (Å²) < 4.78 is 45.2. The van der Waals surface area contributed by atoms with Crippen LogP contribution in [-0.2, 0) is 25.6 Å². The number of aromatic nitrogens is 3. The Kier molecular flexibility index (Phi) is 4.07. The summed E-state index contributed by atoms with van der Waals surface area (Å²) in [5.74, 6) is 0.643. The summed E-state index contributed by atoms with van der Waals surface area (Å²) in [4.78, 5) is 8.23. The van der Waals surface area contributed by atoms with Crippen LogP contribution in [0.2, 0.25) is 0 Å². The number of nitrogens with zero attached hydrogens (tertiary/aromatic N) is 3. The quantitative estimate of drug-likeness (QED) is 0.736. The van der Waals surface area contributed by atoms with E-state index < -0.39 is 11.7 Å². The molecule has 1 aromatic carbocycles. The maximum absolute atomic E-state index is 12.7. The Morgan fingerprint density at radius 1 is 1.35 bits per heavy atom. The van der Waals surface area contributed by atoms with Crippen molar-refractivity contribution in [1.82, 2.24) is 14.5 Å². The lowest BCUT2D eigenvalue weighted by atomic mass is 10.2. The Balaban J connectivity index is 1.79. The van der Waals surface area contributed by atoms with Crippen molar-refractivity contribution in [2.75, 3.05) is 0 Å².